The van der Waals surface area contributed by atoms with Crippen LogP contribution < -0.4 is 5.32 Å². The number of nitrogens with zero attached hydrogens (tertiary/aromatic N) is 2. The SMILES string of the molecule is Cc1nc2cc(C(=O)N3CC[C@H](NC(=O)c4cc5c(C)cc(F)cc5[nH]4)C[C@H](O)C3)c(F)cc2[nH]1. The number of aromatic nitrogens is 3. The molecule has 0 spiro atoms. The molecule has 182 valence electrons. The van der Waals surface area contributed by atoms with Gasteiger partial charge < -0.3 is 25.3 Å². The number of carbonyl (C=O) groups excluding carboxylic acids is 2. The Kier molecular flexibility index (Phi) is 5.76. The molecule has 0 bridgehead atoms. The van der Waals surface area contributed by atoms with Crippen LogP contribution in [0.1, 0.15) is 45.1 Å². The number of benzene rings is 2. The maximum atomic E-state index is 14.7. The molecule has 1 aliphatic heterocycles. The fraction of sp³-hybridized carbons (Fsp3) is 0.320. The Balaban J connectivity index is 1.30. The van der Waals surface area contributed by atoms with Crippen LogP contribution in [-0.4, -0.2) is 62.0 Å². The van der Waals surface area contributed by atoms with E-state index < -0.39 is 29.7 Å². The van der Waals surface area contributed by atoms with Crippen LogP contribution in [0.15, 0.2) is 30.3 Å². The van der Waals surface area contributed by atoms with Gasteiger partial charge in [0, 0.05) is 36.1 Å². The molecule has 10 heteroatoms. The first kappa shape index (κ1) is 23.0. The van der Waals surface area contributed by atoms with Crippen molar-refractivity contribution in [3.63, 3.8) is 0 Å². The van der Waals surface area contributed by atoms with Gasteiger partial charge in [0.25, 0.3) is 11.8 Å². The number of fused-ring (bicyclic) bond motifs is 2. The third kappa shape index (κ3) is 4.49. The van der Waals surface area contributed by atoms with Crippen LogP contribution in [0.2, 0.25) is 0 Å². The van der Waals surface area contributed by atoms with E-state index >= 15 is 0 Å². The summed E-state index contributed by atoms with van der Waals surface area (Å²) >= 11 is 0. The molecule has 2 aromatic carbocycles. The maximum absolute atomic E-state index is 14.7. The van der Waals surface area contributed by atoms with E-state index in [9.17, 15) is 23.5 Å². The van der Waals surface area contributed by atoms with Gasteiger partial charge >= 0.3 is 0 Å². The number of aryl methyl sites for hydroxylation is 2. The van der Waals surface area contributed by atoms with E-state index in [0.717, 1.165) is 5.39 Å². The van der Waals surface area contributed by atoms with Crippen molar-refractivity contribution < 1.29 is 23.5 Å². The maximum Gasteiger partial charge on any atom is 0.267 e. The average molecular weight is 482 g/mol. The lowest BCUT2D eigenvalue weighted by Gasteiger charge is -2.22. The largest absolute Gasteiger partial charge is 0.391 e. The number of halogens is 2. The fourth-order valence-corrected chi connectivity index (χ4v) is 4.75. The summed E-state index contributed by atoms with van der Waals surface area (Å²) in [5.74, 6) is -1.37. The number of aliphatic hydroxyl groups excluding tert-OH is 1. The number of imidazole rings is 1. The highest BCUT2D eigenvalue weighted by Gasteiger charge is 2.29. The van der Waals surface area contributed by atoms with Crippen molar-refractivity contribution in [1.29, 1.82) is 0 Å². The number of nitrogens with one attached hydrogen (secondary N) is 3. The van der Waals surface area contributed by atoms with Crippen molar-refractivity contribution in [1.82, 2.24) is 25.2 Å². The zero-order valence-corrected chi connectivity index (χ0v) is 19.3. The summed E-state index contributed by atoms with van der Waals surface area (Å²) in [6, 6.07) is 6.65. The van der Waals surface area contributed by atoms with Gasteiger partial charge in [-0.2, -0.15) is 0 Å². The van der Waals surface area contributed by atoms with Crippen molar-refractivity contribution in [2.75, 3.05) is 13.1 Å². The first-order valence-electron chi connectivity index (χ1n) is 11.4. The van der Waals surface area contributed by atoms with E-state index in [0.29, 0.717) is 34.4 Å². The summed E-state index contributed by atoms with van der Waals surface area (Å²) in [6.07, 6.45) is -0.276. The molecule has 0 radical (unpaired) electrons. The van der Waals surface area contributed by atoms with Gasteiger partial charge in [-0.05, 0) is 56.5 Å². The summed E-state index contributed by atoms with van der Waals surface area (Å²) in [5.41, 5.74) is 2.40. The van der Waals surface area contributed by atoms with Crippen LogP contribution >= 0.6 is 0 Å². The summed E-state index contributed by atoms with van der Waals surface area (Å²) in [6.45, 7) is 3.76. The number of likely N-dealkylation sites (tertiary alicyclic amines) is 1. The smallest absolute Gasteiger partial charge is 0.267 e. The number of hydrogen-bond acceptors (Lipinski definition) is 4. The van der Waals surface area contributed by atoms with Gasteiger partial charge in [0.05, 0.1) is 22.7 Å². The Bertz CT molecular complexity index is 1460. The molecule has 0 saturated carbocycles. The summed E-state index contributed by atoms with van der Waals surface area (Å²) in [4.78, 5) is 37.5. The molecular formula is C25H25F2N5O3. The number of H-pyrrole nitrogens is 2. The number of aliphatic hydroxyl groups is 1. The minimum Gasteiger partial charge on any atom is -0.391 e. The Morgan fingerprint density at radius 3 is 2.71 bits per heavy atom. The molecule has 1 aliphatic rings. The van der Waals surface area contributed by atoms with Gasteiger partial charge in [0.1, 0.15) is 23.2 Å². The van der Waals surface area contributed by atoms with Crippen LogP contribution in [-0.2, 0) is 0 Å². The number of hydrogen-bond donors (Lipinski definition) is 4. The molecule has 0 aliphatic carbocycles. The van der Waals surface area contributed by atoms with Gasteiger partial charge in [-0.3, -0.25) is 9.59 Å². The molecule has 1 saturated heterocycles. The van der Waals surface area contributed by atoms with E-state index in [-0.39, 0.29) is 36.7 Å². The molecule has 3 heterocycles. The second-order valence-corrected chi connectivity index (χ2v) is 9.14. The van der Waals surface area contributed by atoms with Gasteiger partial charge in [0.15, 0.2) is 0 Å². The number of β-amino-alcohol motifs (C(OH)–C–C–N with tert-alkyl or cyclic N) is 1. The third-order valence-corrected chi connectivity index (χ3v) is 6.43. The van der Waals surface area contributed by atoms with E-state index in [4.69, 9.17) is 0 Å². The predicted molar refractivity (Wildman–Crippen MR) is 126 cm³/mol. The second kappa shape index (κ2) is 8.77. The Labute approximate surface area is 199 Å². The average Bonchev–Trinajstić information content (AvgIpc) is 3.32. The fourth-order valence-electron chi connectivity index (χ4n) is 4.75. The predicted octanol–water partition coefficient (Wildman–Crippen LogP) is 3.33. The molecule has 4 N–H and O–H groups in total. The number of rotatable bonds is 3. The summed E-state index contributed by atoms with van der Waals surface area (Å²) in [7, 11) is 0. The molecular weight excluding hydrogens is 456 g/mol. The first-order valence-corrected chi connectivity index (χ1v) is 11.4. The van der Waals surface area contributed by atoms with Crippen molar-refractivity contribution in [2.45, 2.75) is 38.8 Å². The summed E-state index contributed by atoms with van der Waals surface area (Å²) in [5, 5.41) is 14.2. The Hall–Kier alpha value is -3.79. The van der Waals surface area contributed by atoms with Crippen molar-refractivity contribution in [2.24, 2.45) is 0 Å². The molecule has 8 nitrogen and oxygen atoms in total. The van der Waals surface area contributed by atoms with Crippen LogP contribution in [0.4, 0.5) is 8.78 Å². The van der Waals surface area contributed by atoms with Crippen LogP contribution in [0.3, 0.4) is 0 Å². The molecule has 2 atom stereocenters. The summed E-state index contributed by atoms with van der Waals surface area (Å²) < 4.78 is 28.4. The monoisotopic (exact) mass is 481 g/mol. The molecule has 35 heavy (non-hydrogen) atoms. The number of amides is 2. The van der Waals surface area contributed by atoms with Crippen LogP contribution in [0.25, 0.3) is 21.9 Å². The normalized spacial score (nSPS) is 18.7. The molecule has 4 aromatic rings. The van der Waals surface area contributed by atoms with Crippen LogP contribution in [0, 0.1) is 25.5 Å². The zero-order chi connectivity index (χ0) is 24.9. The highest BCUT2D eigenvalue weighted by molar-refractivity contribution is 5.99. The minimum absolute atomic E-state index is 0.0210. The molecule has 0 unspecified atom stereocenters. The quantitative estimate of drug-likeness (QED) is 0.359. The lowest BCUT2D eigenvalue weighted by molar-refractivity contribution is 0.0647. The third-order valence-electron chi connectivity index (χ3n) is 6.43. The Morgan fingerprint density at radius 2 is 1.91 bits per heavy atom. The van der Waals surface area contributed by atoms with Crippen molar-refractivity contribution in [3.8, 4) is 0 Å². The van der Waals surface area contributed by atoms with Gasteiger partial charge in [0.2, 0.25) is 0 Å². The molecule has 1 fully saturated rings. The Morgan fingerprint density at radius 1 is 1.11 bits per heavy atom. The molecule has 5 rings (SSSR count). The standard InChI is InChI=1S/C25H25F2N5O3/c1-12-5-14(26)6-20-17(12)8-23(31-20)24(34)30-15-3-4-32(11-16(33)7-15)25(35)18-9-21-22(10-19(18)27)29-13(2)28-21/h5-6,8-10,15-16,31,33H,3-4,7,11H2,1-2H3,(H,28,29)(H,30,34)/t15-,16-/m0/s1. The highest BCUT2D eigenvalue weighted by Crippen LogP contribution is 2.23. The van der Waals surface area contributed by atoms with Gasteiger partial charge in [-0.25, -0.2) is 13.8 Å². The first-order chi connectivity index (χ1) is 16.7. The highest BCUT2D eigenvalue weighted by atomic mass is 19.1. The second-order valence-electron chi connectivity index (χ2n) is 9.14. The topological polar surface area (TPSA) is 114 Å². The molecule has 2 amide bonds. The molecule has 2 aromatic heterocycles. The lowest BCUT2D eigenvalue weighted by Crippen LogP contribution is -2.37. The van der Waals surface area contributed by atoms with E-state index in [2.05, 4.69) is 20.3 Å². The zero-order valence-electron chi connectivity index (χ0n) is 19.3. The van der Waals surface area contributed by atoms with Gasteiger partial charge in [-0.15, -0.1) is 0 Å². The lowest BCUT2D eigenvalue weighted by atomic mass is 10.1. The van der Waals surface area contributed by atoms with Crippen molar-refractivity contribution in [3.05, 3.63) is 64.6 Å². The van der Waals surface area contributed by atoms with Crippen molar-refractivity contribution >= 4 is 33.8 Å². The van der Waals surface area contributed by atoms with E-state index in [1.807, 2.05) is 0 Å². The number of aromatic amines is 2. The van der Waals surface area contributed by atoms with E-state index in [1.165, 1.54) is 29.2 Å². The van der Waals surface area contributed by atoms with Gasteiger partial charge in [-0.1, -0.05) is 0 Å². The van der Waals surface area contributed by atoms with Crippen LogP contribution in [0.5, 0.6) is 0 Å². The number of carbonyl (C=O) groups is 2. The minimum atomic E-state index is -0.898. The van der Waals surface area contributed by atoms with E-state index in [1.54, 1.807) is 19.9 Å².